The quantitative estimate of drug-likeness (QED) is 0.733. The van der Waals surface area contributed by atoms with Crippen molar-refractivity contribution in [3.05, 3.63) is 24.0 Å². The molecular formula is C11H17N3O2. The molecule has 0 radical (unpaired) electrons. The predicted octanol–water partition coefficient (Wildman–Crippen LogP) is 1.16. The van der Waals surface area contributed by atoms with E-state index in [2.05, 4.69) is 21.9 Å². The van der Waals surface area contributed by atoms with Gasteiger partial charge in [-0.3, -0.25) is 0 Å². The number of aromatic nitrogens is 2. The molecule has 0 atom stereocenters. The molecule has 0 fully saturated rings. The molecule has 0 aliphatic carbocycles. The Labute approximate surface area is 95.5 Å². The van der Waals surface area contributed by atoms with Crippen molar-refractivity contribution in [2.75, 3.05) is 20.8 Å². The summed E-state index contributed by atoms with van der Waals surface area (Å²) in [6.07, 6.45) is 1.42. The number of nitrogens with one attached hydrogen (secondary N) is 1. The Morgan fingerprint density at radius 3 is 2.31 bits per heavy atom. The average molecular weight is 223 g/mol. The fourth-order valence-corrected chi connectivity index (χ4v) is 1.28. The van der Waals surface area contributed by atoms with Crippen LogP contribution in [0.2, 0.25) is 0 Å². The van der Waals surface area contributed by atoms with Crippen molar-refractivity contribution in [3.8, 4) is 11.8 Å². The van der Waals surface area contributed by atoms with Crippen LogP contribution in [-0.2, 0) is 6.54 Å². The number of hydrogen-bond acceptors (Lipinski definition) is 5. The maximum atomic E-state index is 5.15. The summed E-state index contributed by atoms with van der Waals surface area (Å²) in [5.41, 5.74) is 1.88. The Bertz CT molecular complexity index is 344. The smallest absolute Gasteiger partial charge is 0.224 e. The van der Waals surface area contributed by atoms with Gasteiger partial charge in [0, 0.05) is 13.1 Å². The van der Waals surface area contributed by atoms with Crippen molar-refractivity contribution < 1.29 is 9.47 Å². The third-order valence-electron chi connectivity index (χ3n) is 1.98. The summed E-state index contributed by atoms with van der Waals surface area (Å²) in [5.74, 6) is 1.06. The zero-order valence-electron chi connectivity index (χ0n) is 9.91. The van der Waals surface area contributed by atoms with E-state index in [-0.39, 0.29) is 0 Å². The summed E-state index contributed by atoms with van der Waals surface area (Å²) in [6, 6.07) is 0. The van der Waals surface area contributed by atoms with Crippen LogP contribution in [0.5, 0.6) is 11.8 Å². The van der Waals surface area contributed by atoms with Gasteiger partial charge in [0.25, 0.3) is 0 Å². The molecule has 1 aromatic heterocycles. The summed E-state index contributed by atoms with van der Waals surface area (Å²) in [5, 5.41) is 3.21. The molecular weight excluding hydrogens is 206 g/mol. The number of rotatable bonds is 6. The third-order valence-corrected chi connectivity index (χ3v) is 1.98. The lowest BCUT2D eigenvalue weighted by atomic mass is 10.3. The standard InChI is InChI=1S/C11H17N3O2/c1-8(2)5-12-6-9-10(15-3)13-7-14-11(9)16-4/h7,12H,1,5-6H2,2-4H3. The minimum atomic E-state index is 0.529. The lowest BCUT2D eigenvalue weighted by molar-refractivity contribution is 0.360. The highest BCUT2D eigenvalue weighted by atomic mass is 16.5. The average Bonchev–Trinajstić information content (AvgIpc) is 2.28. The van der Waals surface area contributed by atoms with Gasteiger partial charge >= 0.3 is 0 Å². The van der Waals surface area contributed by atoms with Crippen molar-refractivity contribution in [2.24, 2.45) is 0 Å². The Hall–Kier alpha value is -1.62. The highest BCUT2D eigenvalue weighted by Crippen LogP contribution is 2.22. The summed E-state index contributed by atoms with van der Waals surface area (Å²) in [6.45, 7) is 7.10. The van der Waals surface area contributed by atoms with Crippen LogP contribution in [0.1, 0.15) is 12.5 Å². The van der Waals surface area contributed by atoms with Crippen LogP contribution in [0.25, 0.3) is 0 Å². The molecule has 5 heteroatoms. The van der Waals surface area contributed by atoms with E-state index in [1.54, 1.807) is 14.2 Å². The minimum Gasteiger partial charge on any atom is -0.481 e. The van der Waals surface area contributed by atoms with Crippen molar-refractivity contribution in [3.63, 3.8) is 0 Å². The minimum absolute atomic E-state index is 0.529. The van der Waals surface area contributed by atoms with E-state index in [1.807, 2.05) is 6.92 Å². The molecule has 0 spiro atoms. The molecule has 0 aromatic carbocycles. The molecule has 5 nitrogen and oxygen atoms in total. The molecule has 16 heavy (non-hydrogen) atoms. The first-order valence-electron chi connectivity index (χ1n) is 4.96. The second-order valence-corrected chi connectivity index (χ2v) is 3.43. The summed E-state index contributed by atoms with van der Waals surface area (Å²) in [4.78, 5) is 8.06. The fraction of sp³-hybridized carbons (Fsp3) is 0.455. The van der Waals surface area contributed by atoms with Crippen molar-refractivity contribution in [1.29, 1.82) is 0 Å². The van der Waals surface area contributed by atoms with Gasteiger partial charge in [0.1, 0.15) is 6.33 Å². The van der Waals surface area contributed by atoms with Gasteiger partial charge in [0.15, 0.2) is 0 Å². The first-order chi connectivity index (χ1) is 7.69. The van der Waals surface area contributed by atoms with Gasteiger partial charge in [0.05, 0.1) is 19.8 Å². The van der Waals surface area contributed by atoms with Crippen LogP contribution in [-0.4, -0.2) is 30.7 Å². The summed E-state index contributed by atoms with van der Waals surface area (Å²) >= 11 is 0. The highest BCUT2D eigenvalue weighted by molar-refractivity contribution is 5.34. The van der Waals surface area contributed by atoms with Gasteiger partial charge in [-0.05, 0) is 6.92 Å². The Kier molecular flexibility index (Phi) is 4.72. The van der Waals surface area contributed by atoms with Gasteiger partial charge in [-0.15, -0.1) is 0 Å². The van der Waals surface area contributed by atoms with E-state index >= 15 is 0 Å². The van der Waals surface area contributed by atoms with Gasteiger partial charge in [-0.25, -0.2) is 9.97 Å². The molecule has 0 amide bonds. The van der Waals surface area contributed by atoms with E-state index in [9.17, 15) is 0 Å². The first-order valence-corrected chi connectivity index (χ1v) is 4.96. The van der Waals surface area contributed by atoms with E-state index in [0.29, 0.717) is 18.3 Å². The number of nitrogens with zero attached hydrogens (tertiary/aromatic N) is 2. The molecule has 0 saturated heterocycles. The van der Waals surface area contributed by atoms with E-state index in [4.69, 9.17) is 9.47 Å². The molecule has 0 aliphatic heterocycles. The zero-order valence-corrected chi connectivity index (χ0v) is 9.91. The van der Waals surface area contributed by atoms with Crippen molar-refractivity contribution >= 4 is 0 Å². The van der Waals surface area contributed by atoms with Crippen molar-refractivity contribution in [2.45, 2.75) is 13.5 Å². The molecule has 0 unspecified atom stereocenters. The predicted molar refractivity (Wildman–Crippen MR) is 61.7 cm³/mol. The molecule has 1 N–H and O–H groups in total. The number of ether oxygens (including phenoxy) is 2. The molecule has 1 aromatic rings. The third kappa shape index (κ3) is 3.20. The molecule has 1 rings (SSSR count). The van der Waals surface area contributed by atoms with Crippen LogP contribution in [0.15, 0.2) is 18.5 Å². The molecule has 0 bridgehead atoms. The molecule has 0 aliphatic rings. The maximum Gasteiger partial charge on any atom is 0.224 e. The van der Waals surface area contributed by atoms with Gasteiger partial charge in [-0.2, -0.15) is 0 Å². The van der Waals surface area contributed by atoms with Gasteiger partial charge in [0.2, 0.25) is 11.8 Å². The Balaban J connectivity index is 2.78. The number of methoxy groups -OCH3 is 2. The van der Waals surface area contributed by atoms with Crippen LogP contribution >= 0.6 is 0 Å². The monoisotopic (exact) mass is 223 g/mol. The largest absolute Gasteiger partial charge is 0.481 e. The van der Waals surface area contributed by atoms with Crippen molar-refractivity contribution in [1.82, 2.24) is 15.3 Å². The fourth-order valence-electron chi connectivity index (χ4n) is 1.28. The summed E-state index contributed by atoms with van der Waals surface area (Å²) < 4.78 is 10.3. The molecule has 88 valence electrons. The highest BCUT2D eigenvalue weighted by Gasteiger charge is 2.11. The summed E-state index contributed by atoms with van der Waals surface area (Å²) in [7, 11) is 3.15. The van der Waals surface area contributed by atoms with Crippen LogP contribution in [0.4, 0.5) is 0 Å². The normalized spacial score (nSPS) is 9.94. The van der Waals surface area contributed by atoms with Crippen LogP contribution < -0.4 is 14.8 Å². The molecule has 1 heterocycles. The Morgan fingerprint density at radius 2 is 1.88 bits per heavy atom. The Morgan fingerprint density at radius 1 is 1.31 bits per heavy atom. The van der Waals surface area contributed by atoms with Gasteiger partial charge in [-0.1, -0.05) is 12.2 Å². The molecule has 0 saturated carbocycles. The topological polar surface area (TPSA) is 56.3 Å². The second kappa shape index (κ2) is 6.07. The zero-order chi connectivity index (χ0) is 12.0. The maximum absolute atomic E-state index is 5.15. The van der Waals surface area contributed by atoms with E-state index in [1.165, 1.54) is 6.33 Å². The lowest BCUT2D eigenvalue weighted by Crippen LogP contribution is -2.17. The first kappa shape index (κ1) is 12.4. The SMILES string of the molecule is C=C(C)CNCc1c(OC)ncnc1OC. The van der Waals surface area contributed by atoms with Gasteiger partial charge < -0.3 is 14.8 Å². The lowest BCUT2D eigenvalue weighted by Gasteiger charge is -2.11. The van der Waals surface area contributed by atoms with Crippen LogP contribution in [0, 0.1) is 0 Å². The second-order valence-electron chi connectivity index (χ2n) is 3.43. The van der Waals surface area contributed by atoms with E-state index in [0.717, 1.165) is 17.7 Å². The number of hydrogen-bond donors (Lipinski definition) is 1. The van der Waals surface area contributed by atoms with E-state index < -0.39 is 0 Å². The van der Waals surface area contributed by atoms with Crippen LogP contribution in [0.3, 0.4) is 0 Å².